The van der Waals surface area contributed by atoms with Gasteiger partial charge in [-0.2, -0.15) is 5.10 Å². The van der Waals surface area contributed by atoms with E-state index in [2.05, 4.69) is 19.9 Å². The second kappa shape index (κ2) is 11.1. The standard InChI is InChI=1S/C12H16FNO2.C11H13N5O/c13-11-2-1-3-12(10-11)16-9-6-14-4-7-15-8-5-14;12-10(17)8-7-13-16-6-3-9(14-11(8)16)15-4-1-2-5-15/h1-3,10H,4-9H2;3,6-7H,1-2,4-5H2,(H2,12,17). The Bertz CT molecular complexity index is 1060. The van der Waals surface area contributed by atoms with Crippen LogP contribution in [0.2, 0.25) is 0 Å². The number of rotatable bonds is 6. The minimum atomic E-state index is -0.494. The van der Waals surface area contributed by atoms with Crippen LogP contribution >= 0.6 is 0 Å². The van der Waals surface area contributed by atoms with E-state index in [0.717, 1.165) is 51.8 Å². The molecule has 1 aromatic carbocycles. The highest BCUT2D eigenvalue weighted by Crippen LogP contribution is 2.19. The maximum absolute atomic E-state index is 12.8. The fourth-order valence-corrected chi connectivity index (χ4v) is 3.83. The molecule has 4 heterocycles. The van der Waals surface area contributed by atoms with E-state index in [9.17, 15) is 9.18 Å². The third kappa shape index (κ3) is 6.17. The zero-order chi connectivity index (χ0) is 23.0. The zero-order valence-electron chi connectivity index (χ0n) is 18.5. The van der Waals surface area contributed by atoms with Gasteiger partial charge < -0.3 is 20.1 Å². The van der Waals surface area contributed by atoms with Gasteiger partial charge in [0.05, 0.1) is 19.4 Å². The minimum Gasteiger partial charge on any atom is -0.492 e. The predicted molar refractivity (Wildman–Crippen MR) is 122 cm³/mol. The Hall–Kier alpha value is -3.24. The summed E-state index contributed by atoms with van der Waals surface area (Å²) in [5.74, 6) is 0.723. The van der Waals surface area contributed by atoms with Crippen LogP contribution in [0, 0.1) is 5.82 Å². The molecule has 5 rings (SSSR count). The lowest BCUT2D eigenvalue weighted by Gasteiger charge is -2.26. The molecule has 0 saturated carbocycles. The van der Waals surface area contributed by atoms with E-state index >= 15 is 0 Å². The molecule has 0 aliphatic carbocycles. The lowest BCUT2D eigenvalue weighted by molar-refractivity contribution is 0.0322. The number of ether oxygens (including phenoxy) is 2. The first-order valence-corrected chi connectivity index (χ1v) is 11.2. The number of carbonyl (C=O) groups excluding carboxylic acids is 1. The van der Waals surface area contributed by atoms with Crippen LogP contribution in [0.1, 0.15) is 23.2 Å². The smallest absolute Gasteiger partial charge is 0.254 e. The molecule has 0 radical (unpaired) electrons. The highest BCUT2D eigenvalue weighted by Gasteiger charge is 2.16. The number of fused-ring (bicyclic) bond motifs is 1. The monoisotopic (exact) mass is 456 g/mol. The summed E-state index contributed by atoms with van der Waals surface area (Å²) in [6, 6.07) is 8.14. The number of carbonyl (C=O) groups is 1. The molecular weight excluding hydrogens is 427 g/mol. The first-order valence-electron chi connectivity index (χ1n) is 11.2. The molecule has 33 heavy (non-hydrogen) atoms. The zero-order valence-corrected chi connectivity index (χ0v) is 18.5. The summed E-state index contributed by atoms with van der Waals surface area (Å²) in [7, 11) is 0. The third-order valence-electron chi connectivity index (χ3n) is 5.63. The highest BCUT2D eigenvalue weighted by molar-refractivity contribution is 5.98. The molecule has 2 aromatic heterocycles. The fraction of sp³-hybridized carbons (Fsp3) is 0.435. The van der Waals surface area contributed by atoms with E-state index in [4.69, 9.17) is 15.2 Å². The molecule has 2 aliphatic heterocycles. The average molecular weight is 457 g/mol. The van der Waals surface area contributed by atoms with Crippen molar-refractivity contribution in [1.29, 1.82) is 0 Å². The van der Waals surface area contributed by atoms with E-state index in [1.54, 1.807) is 16.6 Å². The number of nitrogens with two attached hydrogens (primary N) is 1. The van der Waals surface area contributed by atoms with E-state index in [1.165, 1.54) is 31.2 Å². The summed E-state index contributed by atoms with van der Waals surface area (Å²) in [6.45, 7) is 6.97. The van der Waals surface area contributed by atoms with E-state index in [-0.39, 0.29) is 5.82 Å². The van der Waals surface area contributed by atoms with Crippen molar-refractivity contribution >= 4 is 17.4 Å². The number of benzene rings is 1. The molecule has 0 unspecified atom stereocenters. The summed E-state index contributed by atoms with van der Waals surface area (Å²) in [5.41, 5.74) is 6.18. The van der Waals surface area contributed by atoms with Crippen LogP contribution in [0.5, 0.6) is 5.75 Å². The largest absolute Gasteiger partial charge is 0.492 e. The highest BCUT2D eigenvalue weighted by atomic mass is 19.1. The summed E-state index contributed by atoms with van der Waals surface area (Å²) in [5, 5.41) is 4.04. The van der Waals surface area contributed by atoms with Crippen LogP contribution in [0.4, 0.5) is 10.2 Å². The number of amides is 1. The molecule has 2 N–H and O–H groups in total. The number of hydrogen-bond donors (Lipinski definition) is 1. The van der Waals surface area contributed by atoms with Crippen LogP contribution in [0.15, 0.2) is 42.7 Å². The number of morpholine rings is 1. The summed E-state index contributed by atoms with van der Waals surface area (Å²) in [6.07, 6.45) is 5.64. The van der Waals surface area contributed by atoms with Crippen molar-refractivity contribution in [3.63, 3.8) is 0 Å². The summed E-state index contributed by atoms with van der Waals surface area (Å²) < 4.78 is 25.1. The van der Waals surface area contributed by atoms with Crippen molar-refractivity contribution in [3.05, 3.63) is 54.1 Å². The molecule has 10 heteroatoms. The van der Waals surface area contributed by atoms with Crippen molar-refractivity contribution in [1.82, 2.24) is 19.5 Å². The van der Waals surface area contributed by atoms with Gasteiger partial charge in [0.2, 0.25) is 0 Å². The second-order valence-electron chi connectivity index (χ2n) is 7.93. The van der Waals surface area contributed by atoms with Crippen molar-refractivity contribution < 1.29 is 18.7 Å². The Balaban J connectivity index is 0.000000157. The Morgan fingerprint density at radius 2 is 1.94 bits per heavy atom. The molecular formula is C23H29FN6O3. The Morgan fingerprint density at radius 1 is 1.15 bits per heavy atom. The first kappa shape index (κ1) is 22.9. The lowest BCUT2D eigenvalue weighted by atomic mass is 10.3. The topological polar surface area (TPSA) is 98.2 Å². The minimum absolute atomic E-state index is 0.260. The van der Waals surface area contributed by atoms with Crippen LogP contribution in [0.3, 0.4) is 0 Å². The van der Waals surface area contributed by atoms with Crippen molar-refractivity contribution in [3.8, 4) is 5.75 Å². The molecule has 2 fully saturated rings. The Morgan fingerprint density at radius 3 is 2.67 bits per heavy atom. The van der Waals surface area contributed by atoms with Gasteiger partial charge >= 0.3 is 0 Å². The second-order valence-corrected chi connectivity index (χ2v) is 7.93. The molecule has 0 spiro atoms. The van der Waals surface area contributed by atoms with E-state index in [0.29, 0.717) is 23.6 Å². The van der Waals surface area contributed by atoms with Crippen LogP contribution in [0.25, 0.3) is 5.65 Å². The van der Waals surface area contributed by atoms with E-state index < -0.39 is 5.91 Å². The van der Waals surface area contributed by atoms with Crippen molar-refractivity contribution in [2.75, 3.05) is 57.4 Å². The van der Waals surface area contributed by atoms with Crippen LogP contribution < -0.4 is 15.4 Å². The number of primary amides is 1. The molecule has 9 nitrogen and oxygen atoms in total. The van der Waals surface area contributed by atoms with Gasteiger partial charge in [-0.05, 0) is 31.0 Å². The van der Waals surface area contributed by atoms with Gasteiger partial charge in [0, 0.05) is 45.0 Å². The van der Waals surface area contributed by atoms with Gasteiger partial charge in [0.15, 0.2) is 5.65 Å². The number of anilines is 1. The van der Waals surface area contributed by atoms with Gasteiger partial charge in [-0.15, -0.1) is 0 Å². The predicted octanol–water partition coefficient (Wildman–Crippen LogP) is 1.97. The molecule has 2 saturated heterocycles. The van der Waals surface area contributed by atoms with Gasteiger partial charge in [-0.25, -0.2) is 13.9 Å². The van der Waals surface area contributed by atoms with Gasteiger partial charge in [0.25, 0.3) is 5.91 Å². The molecule has 1 amide bonds. The third-order valence-corrected chi connectivity index (χ3v) is 5.63. The van der Waals surface area contributed by atoms with Gasteiger partial charge in [0.1, 0.15) is 29.6 Å². The number of nitrogens with zero attached hydrogens (tertiary/aromatic N) is 5. The molecule has 0 atom stereocenters. The van der Waals surface area contributed by atoms with Crippen molar-refractivity contribution in [2.24, 2.45) is 5.73 Å². The lowest BCUT2D eigenvalue weighted by Crippen LogP contribution is -2.38. The fourth-order valence-electron chi connectivity index (χ4n) is 3.83. The Kier molecular flexibility index (Phi) is 7.69. The molecule has 2 aliphatic rings. The number of aromatic nitrogens is 3. The van der Waals surface area contributed by atoms with Crippen LogP contribution in [-0.2, 0) is 4.74 Å². The molecule has 3 aromatic rings. The van der Waals surface area contributed by atoms with Crippen LogP contribution in [-0.4, -0.2) is 77.9 Å². The van der Waals surface area contributed by atoms with Gasteiger partial charge in [-0.1, -0.05) is 6.07 Å². The first-order chi connectivity index (χ1) is 16.1. The SMILES string of the molecule is Fc1cccc(OCCN2CCOCC2)c1.NC(=O)c1cnn2ccc(N3CCCC3)nc12. The maximum atomic E-state index is 12.8. The summed E-state index contributed by atoms with van der Waals surface area (Å²) in [4.78, 5) is 20.2. The number of halogens is 1. The van der Waals surface area contributed by atoms with Gasteiger partial charge in [-0.3, -0.25) is 9.69 Å². The van der Waals surface area contributed by atoms with E-state index in [1.807, 2.05) is 12.3 Å². The molecule has 176 valence electrons. The average Bonchev–Trinajstić information content (AvgIpc) is 3.50. The number of hydrogen-bond acceptors (Lipinski definition) is 7. The normalized spacial score (nSPS) is 16.5. The van der Waals surface area contributed by atoms with Crippen molar-refractivity contribution in [2.45, 2.75) is 12.8 Å². The maximum Gasteiger partial charge on any atom is 0.254 e. The quantitative estimate of drug-likeness (QED) is 0.606. The molecule has 0 bridgehead atoms. The Labute approximate surface area is 191 Å². The summed E-state index contributed by atoms with van der Waals surface area (Å²) >= 11 is 0.